The van der Waals surface area contributed by atoms with Gasteiger partial charge in [-0.3, -0.25) is 9.59 Å². The van der Waals surface area contributed by atoms with Gasteiger partial charge in [-0.25, -0.2) is 22.2 Å². The van der Waals surface area contributed by atoms with Crippen LogP contribution in [0.2, 0.25) is 9.36 Å². The van der Waals surface area contributed by atoms with Crippen LogP contribution in [-0.4, -0.2) is 29.5 Å². The molecule has 200 valence electrons. The van der Waals surface area contributed by atoms with Crippen molar-refractivity contribution in [2.24, 2.45) is 0 Å². The zero-order valence-electron chi connectivity index (χ0n) is 19.0. The van der Waals surface area contributed by atoms with Crippen molar-refractivity contribution in [3.05, 3.63) is 89.1 Å². The molecule has 2 aromatic heterocycles. The molecule has 0 fully saturated rings. The molecule has 0 unspecified atom stereocenters. The van der Waals surface area contributed by atoms with E-state index in [9.17, 15) is 36.0 Å². The minimum atomic E-state index is -5.25. The molecule has 0 saturated carbocycles. The van der Waals surface area contributed by atoms with Crippen molar-refractivity contribution >= 4 is 61.1 Å². The van der Waals surface area contributed by atoms with Gasteiger partial charge in [0.15, 0.2) is 15.6 Å². The molecule has 0 saturated heterocycles. The van der Waals surface area contributed by atoms with Crippen molar-refractivity contribution in [3.8, 4) is 5.69 Å². The monoisotopic (exact) mass is 608 g/mol. The molecule has 0 aliphatic heterocycles. The fourth-order valence-corrected chi connectivity index (χ4v) is 6.98. The number of ketones is 1. The van der Waals surface area contributed by atoms with Crippen LogP contribution in [0.5, 0.6) is 0 Å². The molecule has 0 bridgehead atoms. The summed E-state index contributed by atoms with van der Waals surface area (Å²) in [6.45, 7) is 1.67. The third kappa shape index (κ3) is 5.41. The van der Waals surface area contributed by atoms with E-state index in [0.29, 0.717) is 29.0 Å². The number of hydrogen-bond donors (Lipinski definition) is 1. The predicted octanol–water partition coefficient (Wildman–Crippen LogP) is 5.10. The second kappa shape index (κ2) is 9.95. The Kier molecular flexibility index (Phi) is 7.34. The van der Waals surface area contributed by atoms with Gasteiger partial charge in [0, 0.05) is 6.42 Å². The Morgan fingerprint density at radius 1 is 1.11 bits per heavy atom. The smallest absolute Gasteiger partial charge is 0.306 e. The van der Waals surface area contributed by atoms with Crippen LogP contribution < -0.4 is 11.2 Å². The van der Waals surface area contributed by atoms with Gasteiger partial charge in [-0.05, 0) is 48.4 Å². The van der Waals surface area contributed by atoms with Gasteiger partial charge < -0.3 is 4.98 Å². The number of aromatic nitrogens is 2. The summed E-state index contributed by atoms with van der Waals surface area (Å²) in [6.07, 6.45) is -6.13. The number of sulfone groups is 1. The molecule has 0 aliphatic rings. The summed E-state index contributed by atoms with van der Waals surface area (Å²) in [4.78, 5) is 40.3. The van der Waals surface area contributed by atoms with Crippen LogP contribution in [0.25, 0.3) is 16.6 Å². The van der Waals surface area contributed by atoms with Crippen LogP contribution in [0.15, 0.2) is 50.2 Å². The van der Waals surface area contributed by atoms with Gasteiger partial charge in [0.25, 0.3) is 5.56 Å². The van der Waals surface area contributed by atoms with E-state index in [1.54, 1.807) is 6.92 Å². The van der Waals surface area contributed by atoms with Crippen molar-refractivity contribution < 1.29 is 30.8 Å². The first kappa shape index (κ1) is 28.0. The number of hydrogen-bond acceptors (Lipinski definition) is 6. The van der Waals surface area contributed by atoms with Crippen molar-refractivity contribution in [1.82, 2.24) is 9.55 Å². The number of carbonyl (C=O) groups is 1. The highest BCUT2D eigenvalue weighted by molar-refractivity contribution is 7.94. The van der Waals surface area contributed by atoms with Gasteiger partial charge in [0.2, 0.25) is 0 Å². The van der Waals surface area contributed by atoms with Gasteiger partial charge >= 0.3 is 11.9 Å². The van der Waals surface area contributed by atoms with E-state index in [1.165, 1.54) is 18.2 Å². The predicted molar refractivity (Wildman–Crippen MR) is 135 cm³/mol. The first-order valence-electron chi connectivity index (χ1n) is 10.4. The number of carbonyl (C=O) groups excluding carboxylic acids is 1. The number of aromatic amines is 1. The van der Waals surface area contributed by atoms with E-state index < -0.39 is 67.9 Å². The molecular weight excluding hydrogens is 595 g/mol. The number of H-pyrrole nitrogens is 1. The van der Waals surface area contributed by atoms with Gasteiger partial charge in [0.1, 0.15) is 25.8 Å². The lowest BCUT2D eigenvalue weighted by molar-refractivity contribution is -0.137. The second-order valence-electron chi connectivity index (χ2n) is 8.25. The summed E-state index contributed by atoms with van der Waals surface area (Å²) in [5.74, 6) is -3.75. The highest BCUT2D eigenvalue weighted by Crippen LogP contribution is 2.36. The fourth-order valence-electron chi connectivity index (χ4n) is 3.78. The molecule has 0 atom stereocenters. The number of nitrogens with zero attached hydrogens (tertiary/aromatic N) is 1. The van der Waals surface area contributed by atoms with E-state index in [4.69, 9.17) is 23.2 Å². The highest BCUT2D eigenvalue weighted by atomic mass is 35.5. The van der Waals surface area contributed by atoms with Crippen LogP contribution in [0.4, 0.5) is 17.6 Å². The van der Waals surface area contributed by atoms with Gasteiger partial charge in [0.05, 0.1) is 21.5 Å². The number of halogens is 6. The summed E-state index contributed by atoms with van der Waals surface area (Å²) in [6, 6.07) is 6.18. The van der Waals surface area contributed by atoms with Crippen LogP contribution in [-0.2, 0) is 27.2 Å². The summed E-state index contributed by atoms with van der Waals surface area (Å²) in [7, 11) is -4.22. The Bertz CT molecular complexity index is 1820. The minimum Gasteiger partial charge on any atom is -0.306 e. The summed E-state index contributed by atoms with van der Waals surface area (Å²) < 4.78 is 81.8. The lowest BCUT2D eigenvalue weighted by Crippen LogP contribution is -2.36. The fraction of sp³-hybridized carbons (Fsp3) is 0.174. The number of alkyl halides is 3. The van der Waals surface area contributed by atoms with Crippen LogP contribution in [0, 0.1) is 12.7 Å². The summed E-state index contributed by atoms with van der Waals surface area (Å²) in [5.41, 5.74) is -5.33. The normalized spacial score (nSPS) is 12.3. The zero-order chi connectivity index (χ0) is 28.2. The molecule has 0 amide bonds. The molecule has 0 aliphatic carbocycles. The molecule has 7 nitrogen and oxygen atoms in total. The number of aryl methyl sites for hydroxylation is 1. The van der Waals surface area contributed by atoms with Gasteiger partial charge in [-0.15, -0.1) is 11.3 Å². The maximum absolute atomic E-state index is 15.2. The Labute approximate surface area is 225 Å². The average molecular weight is 609 g/mol. The van der Waals surface area contributed by atoms with Crippen molar-refractivity contribution in [2.45, 2.75) is 23.7 Å². The molecule has 15 heteroatoms. The number of Topliss-reactive ketones (excluding diaryl/α,β-unsaturated/α-hetero) is 1. The average Bonchev–Trinajstić information content (AvgIpc) is 3.12. The lowest BCUT2D eigenvalue weighted by Gasteiger charge is -2.17. The van der Waals surface area contributed by atoms with Gasteiger partial charge in [-0.1, -0.05) is 29.3 Å². The van der Waals surface area contributed by atoms with Crippen LogP contribution >= 0.6 is 34.5 Å². The van der Waals surface area contributed by atoms with Crippen LogP contribution in [0.1, 0.15) is 16.7 Å². The summed E-state index contributed by atoms with van der Waals surface area (Å²) >= 11 is 12.1. The quantitative estimate of drug-likeness (QED) is 0.307. The number of benzene rings is 2. The summed E-state index contributed by atoms with van der Waals surface area (Å²) in [5, 5.41) is -0.204. The van der Waals surface area contributed by atoms with E-state index in [-0.39, 0.29) is 29.0 Å². The van der Waals surface area contributed by atoms with Crippen LogP contribution in [0.3, 0.4) is 0 Å². The Balaban J connectivity index is 1.77. The molecule has 0 radical (unpaired) electrons. The topological polar surface area (TPSA) is 106 Å². The molecule has 0 spiro atoms. The molecule has 1 N–H and O–H groups in total. The van der Waals surface area contributed by atoms with Gasteiger partial charge in [-0.2, -0.15) is 13.2 Å². The van der Waals surface area contributed by atoms with Crippen molar-refractivity contribution in [1.29, 1.82) is 0 Å². The molecular formula is C23H14Cl2F4N2O5S2. The standard InChI is InChI=1S/C23H14Cl2F4N2O5S2/c1-10-2-3-13-17(4-10)30-22(34)31(21(13)33)19-14(23(27,28)29)6-11(7-16(19)26)5-12(32)9-38(35,36)18-8-15(24)20(25)37-18/h2-4,6-8H,5,9H2,1H3,(H,30,34). The van der Waals surface area contributed by atoms with E-state index in [2.05, 4.69) is 4.98 Å². The largest absolute Gasteiger partial charge is 0.418 e. The number of rotatable bonds is 6. The second-order valence-corrected chi connectivity index (χ2v) is 12.5. The maximum atomic E-state index is 15.2. The first-order chi connectivity index (χ1) is 17.6. The number of thiophene rings is 1. The maximum Gasteiger partial charge on any atom is 0.418 e. The molecule has 4 rings (SSSR count). The Hall–Kier alpha value is -3.00. The molecule has 4 aromatic rings. The highest BCUT2D eigenvalue weighted by Gasteiger charge is 2.37. The number of fused-ring (bicyclic) bond motifs is 1. The number of nitrogens with one attached hydrogen (secondary N) is 1. The Morgan fingerprint density at radius 2 is 1.79 bits per heavy atom. The van der Waals surface area contributed by atoms with Crippen molar-refractivity contribution in [2.75, 3.05) is 5.75 Å². The van der Waals surface area contributed by atoms with Crippen molar-refractivity contribution in [3.63, 3.8) is 0 Å². The van der Waals surface area contributed by atoms with E-state index >= 15 is 4.39 Å². The SMILES string of the molecule is Cc1ccc2c(=O)n(-c3c(F)cc(CC(=O)CS(=O)(=O)c4cc(Cl)c(Cl)s4)cc3C(F)(F)F)c(=O)[nH]c2c1. The third-order valence-electron chi connectivity index (χ3n) is 5.39. The molecule has 2 aromatic carbocycles. The van der Waals surface area contributed by atoms with E-state index in [0.717, 1.165) is 6.07 Å². The molecule has 38 heavy (non-hydrogen) atoms. The van der Waals surface area contributed by atoms with E-state index in [1.807, 2.05) is 0 Å². The first-order valence-corrected chi connectivity index (χ1v) is 13.7. The molecule has 2 heterocycles. The minimum absolute atomic E-state index is 0.0285. The third-order valence-corrected chi connectivity index (χ3v) is 9.49. The Morgan fingerprint density at radius 3 is 2.39 bits per heavy atom. The lowest BCUT2D eigenvalue weighted by atomic mass is 10.0. The zero-order valence-corrected chi connectivity index (χ0v) is 22.1.